The number of oxime groups is 1. The first-order chi connectivity index (χ1) is 9.72. The Morgan fingerprint density at radius 2 is 1.85 bits per heavy atom. The van der Waals surface area contributed by atoms with E-state index in [-0.39, 0.29) is 12.4 Å². The quantitative estimate of drug-likeness (QED) is 0.335. The normalized spacial score (nSPS) is 11.3. The molecule has 0 aliphatic heterocycles. The van der Waals surface area contributed by atoms with Crippen molar-refractivity contribution in [1.29, 1.82) is 0 Å². The van der Waals surface area contributed by atoms with E-state index in [0.29, 0.717) is 12.2 Å². The van der Waals surface area contributed by atoms with E-state index in [0.717, 1.165) is 16.9 Å². The summed E-state index contributed by atoms with van der Waals surface area (Å²) in [6, 6.07) is 14.5. The maximum atomic E-state index is 8.96. The summed E-state index contributed by atoms with van der Waals surface area (Å²) in [5.74, 6) is 0.788. The first-order valence-electron chi connectivity index (χ1n) is 6.12. The highest BCUT2D eigenvalue weighted by Gasteiger charge is 2.02. The van der Waals surface area contributed by atoms with E-state index < -0.39 is 0 Å². The smallest absolute Gasteiger partial charge is 0.170 e. The van der Waals surface area contributed by atoms with Gasteiger partial charge in [-0.15, -0.1) is 0 Å². The van der Waals surface area contributed by atoms with Crippen LogP contribution in [0, 0.1) is 0 Å². The predicted molar refractivity (Wildman–Crippen MR) is 75.6 cm³/mol. The van der Waals surface area contributed by atoms with Gasteiger partial charge in [0.05, 0.1) is 6.61 Å². The van der Waals surface area contributed by atoms with E-state index in [2.05, 4.69) is 5.16 Å². The second-order valence-electron chi connectivity index (χ2n) is 4.28. The lowest BCUT2D eigenvalue weighted by Gasteiger charge is -2.08. The lowest BCUT2D eigenvalue weighted by atomic mass is 10.1. The van der Waals surface area contributed by atoms with E-state index >= 15 is 0 Å². The average molecular weight is 272 g/mol. The van der Waals surface area contributed by atoms with Crippen molar-refractivity contribution >= 4 is 5.84 Å². The Hall–Kier alpha value is -2.53. The molecule has 0 radical (unpaired) electrons. The maximum Gasteiger partial charge on any atom is 0.170 e. The van der Waals surface area contributed by atoms with Crippen molar-refractivity contribution in [3.8, 4) is 5.75 Å². The van der Waals surface area contributed by atoms with Crippen molar-refractivity contribution < 1.29 is 15.1 Å². The summed E-state index contributed by atoms with van der Waals surface area (Å²) in [5, 5.41) is 20.6. The summed E-state index contributed by atoms with van der Waals surface area (Å²) in [5.41, 5.74) is 7.94. The van der Waals surface area contributed by atoms with Crippen molar-refractivity contribution in [3.63, 3.8) is 0 Å². The van der Waals surface area contributed by atoms with E-state index in [1.54, 1.807) is 24.3 Å². The fourth-order valence-corrected chi connectivity index (χ4v) is 1.74. The minimum absolute atomic E-state index is 0.0160. The number of hydrogen-bond acceptors (Lipinski definition) is 4. The number of nitrogens with two attached hydrogens (primary N) is 1. The van der Waals surface area contributed by atoms with Crippen LogP contribution in [0.5, 0.6) is 5.75 Å². The van der Waals surface area contributed by atoms with Gasteiger partial charge in [-0.3, -0.25) is 0 Å². The largest absolute Gasteiger partial charge is 0.489 e. The molecule has 0 atom stereocenters. The second-order valence-corrected chi connectivity index (χ2v) is 4.28. The van der Waals surface area contributed by atoms with Crippen LogP contribution in [0.4, 0.5) is 0 Å². The molecule has 2 rings (SSSR count). The highest BCUT2D eigenvalue weighted by atomic mass is 16.5. The second kappa shape index (κ2) is 6.58. The molecule has 0 aliphatic carbocycles. The predicted octanol–water partition coefficient (Wildman–Crippen LogP) is 1.85. The average Bonchev–Trinajstić information content (AvgIpc) is 2.53. The molecule has 5 heteroatoms. The number of ether oxygens (including phenoxy) is 1. The lowest BCUT2D eigenvalue weighted by Crippen LogP contribution is -2.13. The van der Waals surface area contributed by atoms with Crippen molar-refractivity contribution in [2.45, 2.75) is 13.2 Å². The van der Waals surface area contributed by atoms with Gasteiger partial charge in [0.15, 0.2) is 5.84 Å². The number of aliphatic hydroxyl groups excluding tert-OH is 1. The van der Waals surface area contributed by atoms with Crippen LogP contribution < -0.4 is 10.5 Å². The van der Waals surface area contributed by atoms with E-state index in [1.807, 2.05) is 24.3 Å². The zero-order valence-electron chi connectivity index (χ0n) is 10.9. The number of benzene rings is 2. The molecule has 104 valence electrons. The number of nitrogens with zero attached hydrogens (tertiary/aromatic N) is 1. The van der Waals surface area contributed by atoms with Crippen LogP contribution in [0.1, 0.15) is 16.7 Å². The van der Waals surface area contributed by atoms with E-state index in [4.69, 9.17) is 20.8 Å². The van der Waals surface area contributed by atoms with Crippen molar-refractivity contribution in [1.82, 2.24) is 0 Å². The summed E-state index contributed by atoms with van der Waals surface area (Å²) in [4.78, 5) is 0. The fraction of sp³-hybridized carbons (Fsp3) is 0.133. The molecule has 0 unspecified atom stereocenters. The zero-order valence-corrected chi connectivity index (χ0v) is 10.9. The van der Waals surface area contributed by atoms with Crippen LogP contribution in [-0.2, 0) is 13.2 Å². The molecular formula is C15H16N2O3. The number of hydrogen-bond donors (Lipinski definition) is 3. The van der Waals surface area contributed by atoms with Gasteiger partial charge >= 0.3 is 0 Å². The van der Waals surface area contributed by atoms with Gasteiger partial charge in [-0.05, 0) is 29.3 Å². The molecule has 0 amide bonds. The first-order valence-corrected chi connectivity index (χ1v) is 6.12. The molecule has 0 aromatic heterocycles. The van der Waals surface area contributed by atoms with Gasteiger partial charge in [-0.25, -0.2) is 0 Å². The molecule has 20 heavy (non-hydrogen) atoms. The maximum absolute atomic E-state index is 8.96. The topological polar surface area (TPSA) is 88.1 Å². The van der Waals surface area contributed by atoms with Crippen LogP contribution in [0.15, 0.2) is 53.7 Å². The third-order valence-corrected chi connectivity index (χ3v) is 2.84. The highest BCUT2D eigenvalue weighted by Crippen LogP contribution is 2.15. The lowest BCUT2D eigenvalue weighted by molar-refractivity contribution is 0.280. The molecule has 0 aliphatic rings. The summed E-state index contributed by atoms with van der Waals surface area (Å²) in [6.07, 6.45) is 0. The van der Waals surface area contributed by atoms with Crippen molar-refractivity contribution in [2.75, 3.05) is 0 Å². The van der Waals surface area contributed by atoms with Crippen LogP contribution in [-0.4, -0.2) is 16.1 Å². The Balaban J connectivity index is 2.03. The standard InChI is InChI=1S/C15H16N2O3/c16-15(17-19)13-3-1-2-12(8-13)10-20-14-6-4-11(9-18)5-7-14/h1-8,18-19H,9-10H2,(H2,16,17). The van der Waals surface area contributed by atoms with Gasteiger partial charge in [-0.2, -0.15) is 0 Å². The molecule has 0 spiro atoms. The number of aliphatic hydroxyl groups is 1. The van der Waals surface area contributed by atoms with Crippen molar-refractivity contribution in [3.05, 3.63) is 65.2 Å². The van der Waals surface area contributed by atoms with E-state index in [1.165, 1.54) is 0 Å². The number of amidine groups is 1. The van der Waals surface area contributed by atoms with Gasteiger partial charge < -0.3 is 20.8 Å². The molecule has 0 bridgehead atoms. The molecule has 0 heterocycles. The monoisotopic (exact) mass is 272 g/mol. The van der Waals surface area contributed by atoms with Crippen molar-refractivity contribution in [2.24, 2.45) is 10.9 Å². The van der Waals surface area contributed by atoms with Gasteiger partial charge in [0.1, 0.15) is 12.4 Å². The summed E-state index contributed by atoms with van der Waals surface area (Å²) in [7, 11) is 0. The van der Waals surface area contributed by atoms with Crippen LogP contribution >= 0.6 is 0 Å². The Morgan fingerprint density at radius 3 is 2.50 bits per heavy atom. The Morgan fingerprint density at radius 1 is 1.10 bits per heavy atom. The summed E-state index contributed by atoms with van der Waals surface area (Å²) >= 11 is 0. The van der Waals surface area contributed by atoms with E-state index in [9.17, 15) is 0 Å². The minimum atomic E-state index is 0.0160. The summed E-state index contributed by atoms with van der Waals surface area (Å²) < 4.78 is 5.64. The van der Waals surface area contributed by atoms with Gasteiger partial charge in [-0.1, -0.05) is 35.5 Å². The molecule has 0 fully saturated rings. The SMILES string of the molecule is N/C(=N/O)c1cccc(COc2ccc(CO)cc2)c1. The van der Waals surface area contributed by atoms with Crippen LogP contribution in [0.2, 0.25) is 0 Å². The first kappa shape index (κ1) is 13.9. The summed E-state index contributed by atoms with van der Waals surface area (Å²) in [6.45, 7) is 0.396. The minimum Gasteiger partial charge on any atom is -0.489 e. The fourth-order valence-electron chi connectivity index (χ4n) is 1.74. The van der Waals surface area contributed by atoms with Gasteiger partial charge in [0.25, 0.3) is 0 Å². The van der Waals surface area contributed by atoms with Crippen LogP contribution in [0.25, 0.3) is 0 Å². The number of rotatable bonds is 5. The third kappa shape index (κ3) is 3.49. The Kier molecular flexibility index (Phi) is 4.57. The molecule has 2 aromatic carbocycles. The van der Waals surface area contributed by atoms with Gasteiger partial charge in [0.2, 0.25) is 0 Å². The molecule has 2 aromatic rings. The van der Waals surface area contributed by atoms with Crippen LogP contribution in [0.3, 0.4) is 0 Å². The third-order valence-electron chi connectivity index (χ3n) is 2.84. The Bertz CT molecular complexity index is 594. The molecular weight excluding hydrogens is 256 g/mol. The Labute approximate surface area is 116 Å². The molecule has 0 saturated heterocycles. The molecule has 4 N–H and O–H groups in total. The molecule has 0 saturated carbocycles. The highest BCUT2D eigenvalue weighted by molar-refractivity contribution is 5.97. The molecule has 5 nitrogen and oxygen atoms in total. The zero-order chi connectivity index (χ0) is 14.4. The van der Waals surface area contributed by atoms with Gasteiger partial charge in [0, 0.05) is 5.56 Å².